The molecule has 2 heterocycles. The molecule has 0 spiro atoms. The molecular formula is C23H17FN2O5. The van der Waals surface area contributed by atoms with Gasteiger partial charge in [-0.2, -0.15) is 0 Å². The van der Waals surface area contributed by atoms with Gasteiger partial charge in [-0.15, -0.1) is 0 Å². The Bertz CT molecular complexity index is 1180. The summed E-state index contributed by atoms with van der Waals surface area (Å²) in [5.41, 5.74) is 2.33. The molecule has 0 radical (unpaired) electrons. The minimum absolute atomic E-state index is 0.117. The van der Waals surface area contributed by atoms with Crippen LogP contribution in [0.4, 0.5) is 15.8 Å². The molecule has 0 unspecified atom stereocenters. The van der Waals surface area contributed by atoms with Crippen molar-refractivity contribution in [2.45, 2.75) is 6.54 Å². The summed E-state index contributed by atoms with van der Waals surface area (Å²) in [6.07, 6.45) is 0. The standard InChI is InChI=1S/C23H17FN2O5/c24-16-4-1-14(2-5-16)11-26-18-7-6-17(10-20(18)29-12-22(26)27)25-23(28)15-3-8-19-21(9-15)31-13-30-19/h1-10H,11-13H2,(H,25,28). The fraction of sp³-hybridized carbons (Fsp3) is 0.130. The average Bonchev–Trinajstić information content (AvgIpc) is 3.25. The van der Waals surface area contributed by atoms with Crippen molar-refractivity contribution in [2.24, 2.45) is 0 Å². The summed E-state index contributed by atoms with van der Waals surface area (Å²) < 4.78 is 29.3. The summed E-state index contributed by atoms with van der Waals surface area (Å²) in [5, 5.41) is 2.82. The van der Waals surface area contributed by atoms with E-state index < -0.39 is 0 Å². The van der Waals surface area contributed by atoms with Gasteiger partial charge in [0.05, 0.1) is 12.2 Å². The van der Waals surface area contributed by atoms with Gasteiger partial charge >= 0.3 is 0 Å². The van der Waals surface area contributed by atoms with Gasteiger partial charge in [-0.25, -0.2) is 4.39 Å². The lowest BCUT2D eigenvalue weighted by molar-refractivity contribution is -0.121. The smallest absolute Gasteiger partial charge is 0.265 e. The topological polar surface area (TPSA) is 77.1 Å². The Morgan fingerprint density at radius 3 is 2.58 bits per heavy atom. The maximum atomic E-state index is 13.2. The van der Waals surface area contributed by atoms with Gasteiger partial charge in [0.2, 0.25) is 6.79 Å². The van der Waals surface area contributed by atoms with Crippen molar-refractivity contribution >= 4 is 23.2 Å². The van der Waals surface area contributed by atoms with E-state index in [0.717, 1.165) is 5.56 Å². The van der Waals surface area contributed by atoms with E-state index in [1.165, 1.54) is 12.1 Å². The van der Waals surface area contributed by atoms with Crippen molar-refractivity contribution < 1.29 is 28.2 Å². The minimum atomic E-state index is -0.333. The fourth-order valence-corrected chi connectivity index (χ4v) is 3.47. The van der Waals surface area contributed by atoms with Gasteiger partial charge in [0.25, 0.3) is 11.8 Å². The summed E-state index contributed by atoms with van der Waals surface area (Å²) in [6.45, 7) is 0.307. The first-order valence-corrected chi connectivity index (χ1v) is 9.59. The van der Waals surface area contributed by atoms with E-state index in [-0.39, 0.29) is 31.0 Å². The third-order valence-corrected chi connectivity index (χ3v) is 5.05. The predicted molar refractivity (Wildman–Crippen MR) is 110 cm³/mol. The lowest BCUT2D eigenvalue weighted by atomic mass is 10.1. The van der Waals surface area contributed by atoms with Gasteiger partial charge in [-0.3, -0.25) is 9.59 Å². The van der Waals surface area contributed by atoms with Crippen LogP contribution in [-0.2, 0) is 11.3 Å². The van der Waals surface area contributed by atoms with E-state index in [2.05, 4.69) is 5.32 Å². The summed E-state index contributed by atoms with van der Waals surface area (Å²) in [7, 11) is 0. The molecule has 2 aliphatic heterocycles. The Hall–Kier alpha value is -4.07. The molecule has 1 N–H and O–H groups in total. The van der Waals surface area contributed by atoms with Crippen LogP contribution in [0.15, 0.2) is 60.7 Å². The molecule has 3 aromatic rings. The van der Waals surface area contributed by atoms with Crippen LogP contribution in [0.5, 0.6) is 17.2 Å². The number of nitrogens with one attached hydrogen (secondary N) is 1. The Morgan fingerprint density at radius 1 is 0.935 bits per heavy atom. The maximum absolute atomic E-state index is 13.2. The maximum Gasteiger partial charge on any atom is 0.265 e. The van der Waals surface area contributed by atoms with Crippen molar-refractivity contribution in [3.05, 3.63) is 77.6 Å². The van der Waals surface area contributed by atoms with Crippen molar-refractivity contribution in [3.63, 3.8) is 0 Å². The second kappa shape index (κ2) is 7.64. The molecule has 0 aliphatic carbocycles. The van der Waals surface area contributed by atoms with Gasteiger partial charge in [-0.1, -0.05) is 12.1 Å². The summed E-state index contributed by atoms with van der Waals surface area (Å²) >= 11 is 0. The number of benzene rings is 3. The number of carbonyl (C=O) groups is 2. The number of fused-ring (bicyclic) bond motifs is 2. The monoisotopic (exact) mass is 420 g/mol. The number of carbonyl (C=O) groups excluding carboxylic acids is 2. The Morgan fingerprint density at radius 2 is 1.74 bits per heavy atom. The zero-order chi connectivity index (χ0) is 21.4. The summed E-state index contributed by atoms with van der Waals surface area (Å²) in [6, 6.07) is 16.0. The first kappa shape index (κ1) is 18.9. The van der Waals surface area contributed by atoms with Gasteiger partial charge in [-0.05, 0) is 48.0 Å². The van der Waals surface area contributed by atoms with Gasteiger partial charge in [0.1, 0.15) is 11.6 Å². The molecule has 7 nitrogen and oxygen atoms in total. The zero-order valence-electron chi connectivity index (χ0n) is 16.3. The van der Waals surface area contributed by atoms with Crippen LogP contribution >= 0.6 is 0 Å². The molecule has 31 heavy (non-hydrogen) atoms. The molecule has 2 aliphatic rings. The Kier molecular flexibility index (Phi) is 4.66. The summed E-state index contributed by atoms with van der Waals surface area (Å²) in [4.78, 5) is 26.6. The Labute approximate surface area is 176 Å². The molecule has 8 heteroatoms. The van der Waals surface area contributed by atoms with E-state index in [1.54, 1.807) is 53.4 Å². The molecule has 0 fully saturated rings. The van der Waals surface area contributed by atoms with E-state index in [9.17, 15) is 14.0 Å². The molecule has 156 valence electrons. The second-order valence-corrected chi connectivity index (χ2v) is 7.10. The molecule has 0 aromatic heterocycles. The third-order valence-electron chi connectivity index (χ3n) is 5.05. The highest BCUT2D eigenvalue weighted by Crippen LogP contribution is 2.36. The lowest BCUT2D eigenvalue weighted by Crippen LogP contribution is -2.38. The molecule has 3 aromatic carbocycles. The van der Waals surface area contributed by atoms with Crippen LogP contribution in [0, 0.1) is 5.82 Å². The quantitative estimate of drug-likeness (QED) is 0.696. The number of anilines is 2. The minimum Gasteiger partial charge on any atom is -0.481 e. The van der Waals surface area contributed by atoms with Crippen molar-refractivity contribution in [3.8, 4) is 17.2 Å². The highest BCUT2D eigenvalue weighted by Gasteiger charge is 2.26. The molecule has 0 atom stereocenters. The molecule has 0 bridgehead atoms. The van der Waals surface area contributed by atoms with E-state index in [0.29, 0.717) is 40.7 Å². The molecule has 5 rings (SSSR count). The first-order valence-electron chi connectivity index (χ1n) is 9.59. The number of ether oxygens (including phenoxy) is 3. The van der Waals surface area contributed by atoms with E-state index in [1.807, 2.05) is 0 Å². The highest BCUT2D eigenvalue weighted by molar-refractivity contribution is 6.05. The first-order chi connectivity index (χ1) is 15.1. The van der Waals surface area contributed by atoms with Gasteiger partial charge in [0, 0.05) is 17.3 Å². The Balaban J connectivity index is 1.35. The lowest BCUT2D eigenvalue weighted by Gasteiger charge is -2.29. The van der Waals surface area contributed by atoms with E-state index in [4.69, 9.17) is 14.2 Å². The van der Waals surface area contributed by atoms with Crippen LogP contribution in [0.25, 0.3) is 0 Å². The number of hydrogen-bond donors (Lipinski definition) is 1. The van der Waals surface area contributed by atoms with Crippen LogP contribution < -0.4 is 24.4 Å². The molecule has 0 saturated heterocycles. The van der Waals surface area contributed by atoms with Crippen LogP contribution in [0.3, 0.4) is 0 Å². The number of rotatable bonds is 4. The van der Waals surface area contributed by atoms with Crippen LogP contribution in [0.1, 0.15) is 15.9 Å². The SMILES string of the molecule is O=C(Nc1ccc2c(c1)OCC(=O)N2Cc1ccc(F)cc1)c1ccc2c(c1)OCO2. The second-order valence-electron chi connectivity index (χ2n) is 7.10. The highest BCUT2D eigenvalue weighted by atomic mass is 19.1. The van der Waals surface area contributed by atoms with Gasteiger partial charge < -0.3 is 24.4 Å². The van der Waals surface area contributed by atoms with Crippen LogP contribution in [0.2, 0.25) is 0 Å². The van der Waals surface area contributed by atoms with Crippen molar-refractivity contribution in [1.29, 1.82) is 0 Å². The number of halogens is 1. The number of nitrogens with zero attached hydrogens (tertiary/aromatic N) is 1. The van der Waals surface area contributed by atoms with Crippen molar-refractivity contribution in [2.75, 3.05) is 23.6 Å². The zero-order valence-corrected chi connectivity index (χ0v) is 16.3. The average molecular weight is 420 g/mol. The third kappa shape index (κ3) is 3.75. The van der Waals surface area contributed by atoms with Crippen LogP contribution in [-0.4, -0.2) is 25.2 Å². The predicted octanol–water partition coefficient (Wildman–Crippen LogP) is 3.73. The number of amides is 2. The van der Waals surface area contributed by atoms with Gasteiger partial charge in [0.15, 0.2) is 18.1 Å². The van der Waals surface area contributed by atoms with E-state index >= 15 is 0 Å². The normalized spacial score (nSPS) is 14.1. The fourth-order valence-electron chi connectivity index (χ4n) is 3.47. The largest absolute Gasteiger partial charge is 0.481 e. The number of hydrogen-bond acceptors (Lipinski definition) is 5. The molecule has 0 saturated carbocycles. The molecular weight excluding hydrogens is 403 g/mol. The van der Waals surface area contributed by atoms with Crippen molar-refractivity contribution in [1.82, 2.24) is 0 Å². The molecule has 2 amide bonds. The summed E-state index contributed by atoms with van der Waals surface area (Å²) in [5.74, 6) is 0.758.